The Morgan fingerprint density at radius 3 is 2.24 bits per heavy atom. The number of amides is 2. The molecule has 1 N–H and O–H groups in total. The SMILES string of the molecule is COc1ccc([N+](=O)[O-])cc1N(CC(=O)N(Cc1cccc(C)c1)[C@@H](Cc1ccccc1)C(=O)NC(C)C)S(C)(=O)=O. The Bertz CT molecular complexity index is 1530. The lowest BCUT2D eigenvalue weighted by Crippen LogP contribution is -2.54. The number of nitro benzene ring substituents is 1. The zero-order valence-electron chi connectivity index (χ0n) is 24.3. The van der Waals surface area contributed by atoms with Crippen LogP contribution < -0.4 is 14.4 Å². The molecule has 0 saturated heterocycles. The summed E-state index contributed by atoms with van der Waals surface area (Å²) in [6.07, 6.45) is 1.08. The molecule has 0 spiro atoms. The zero-order chi connectivity index (χ0) is 31.0. The van der Waals surface area contributed by atoms with Crippen LogP contribution in [-0.2, 0) is 32.6 Å². The fraction of sp³-hybridized carbons (Fsp3) is 0.333. The van der Waals surface area contributed by atoms with Gasteiger partial charge in [-0.15, -0.1) is 0 Å². The van der Waals surface area contributed by atoms with Crippen molar-refractivity contribution in [1.29, 1.82) is 0 Å². The van der Waals surface area contributed by atoms with Gasteiger partial charge in [-0.05, 0) is 38.0 Å². The summed E-state index contributed by atoms with van der Waals surface area (Å²) in [5, 5.41) is 14.4. The van der Waals surface area contributed by atoms with Crippen molar-refractivity contribution in [3.8, 4) is 5.75 Å². The van der Waals surface area contributed by atoms with Crippen LogP contribution in [0.25, 0.3) is 0 Å². The highest BCUT2D eigenvalue weighted by Gasteiger charge is 2.34. The molecule has 224 valence electrons. The Morgan fingerprint density at radius 1 is 1.00 bits per heavy atom. The van der Waals surface area contributed by atoms with E-state index in [4.69, 9.17) is 4.74 Å². The zero-order valence-corrected chi connectivity index (χ0v) is 25.1. The molecular weight excluding hydrogens is 560 g/mol. The number of sulfonamides is 1. The van der Waals surface area contributed by atoms with Crippen LogP contribution in [0, 0.1) is 17.0 Å². The van der Waals surface area contributed by atoms with E-state index in [1.807, 2.05) is 75.4 Å². The molecule has 0 aliphatic heterocycles. The molecule has 0 bridgehead atoms. The number of ether oxygens (including phenoxy) is 1. The summed E-state index contributed by atoms with van der Waals surface area (Å²) in [6, 6.07) is 19.0. The number of carbonyl (C=O) groups is 2. The third-order valence-electron chi connectivity index (χ3n) is 6.46. The van der Waals surface area contributed by atoms with Gasteiger partial charge in [-0.2, -0.15) is 0 Å². The Hall–Kier alpha value is -4.45. The quantitative estimate of drug-likeness (QED) is 0.234. The van der Waals surface area contributed by atoms with Crippen molar-refractivity contribution in [2.75, 3.05) is 24.2 Å². The second-order valence-corrected chi connectivity index (χ2v) is 12.2. The third kappa shape index (κ3) is 8.53. The lowest BCUT2D eigenvalue weighted by Gasteiger charge is -2.34. The molecule has 11 nitrogen and oxygen atoms in total. The summed E-state index contributed by atoms with van der Waals surface area (Å²) in [5.41, 5.74) is 1.97. The minimum absolute atomic E-state index is 0.0210. The standard InChI is InChI=1S/C30H36N4O7S/c1-21(2)31-30(36)27(17-23-11-7-6-8-12-23)32(19-24-13-9-10-22(3)16-24)29(35)20-33(42(5,39)40)26-18-25(34(37)38)14-15-28(26)41-4/h6-16,18,21,27H,17,19-20H2,1-5H3,(H,31,36)/t27-/m0/s1. The second kappa shape index (κ2) is 13.9. The van der Waals surface area contributed by atoms with Gasteiger partial charge in [0.15, 0.2) is 0 Å². The van der Waals surface area contributed by atoms with Crippen molar-refractivity contribution in [3.63, 3.8) is 0 Å². The Labute approximate surface area is 246 Å². The highest BCUT2D eigenvalue weighted by Crippen LogP contribution is 2.34. The summed E-state index contributed by atoms with van der Waals surface area (Å²) in [6.45, 7) is 4.83. The average molecular weight is 597 g/mol. The van der Waals surface area contributed by atoms with E-state index >= 15 is 0 Å². The monoisotopic (exact) mass is 596 g/mol. The number of methoxy groups -OCH3 is 1. The first-order chi connectivity index (χ1) is 19.8. The van der Waals surface area contributed by atoms with Crippen LogP contribution in [0.3, 0.4) is 0 Å². The van der Waals surface area contributed by atoms with Crippen LogP contribution in [0.4, 0.5) is 11.4 Å². The third-order valence-corrected chi connectivity index (χ3v) is 7.59. The molecule has 3 aromatic rings. The van der Waals surface area contributed by atoms with Gasteiger partial charge >= 0.3 is 0 Å². The average Bonchev–Trinajstić information content (AvgIpc) is 2.92. The molecule has 0 aromatic heterocycles. The fourth-order valence-electron chi connectivity index (χ4n) is 4.52. The van der Waals surface area contributed by atoms with E-state index in [1.54, 1.807) is 0 Å². The van der Waals surface area contributed by atoms with Crippen molar-refractivity contribution in [1.82, 2.24) is 10.2 Å². The molecule has 0 aliphatic rings. The predicted octanol–water partition coefficient (Wildman–Crippen LogP) is 3.84. The van der Waals surface area contributed by atoms with Crippen molar-refractivity contribution < 1.29 is 27.7 Å². The summed E-state index contributed by atoms with van der Waals surface area (Å²) >= 11 is 0. The van der Waals surface area contributed by atoms with Gasteiger partial charge in [0.05, 0.1) is 18.3 Å². The first-order valence-electron chi connectivity index (χ1n) is 13.3. The van der Waals surface area contributed by atoms with Crippen LogP contribution in [0.2, 0.25) is 0 Å². The van der Waals surface area contributed by atoms with Crippen LogP contribution in [0.5, 0.6) is 5.75 Å². The smallest absolute Gasteiger partial charge is 0.271 e. The molecule has 1 atom stereocenters. The molecule has 3 aromatic carbocycles. The number of anilines is 1. The van der Waals surface area contributed by atoms with Gasteiger partial charge in [-0.1, -0.05) is 60.2 Å². The van der Waals surface area contributed by atoms with E-state index in [0.29, 0.717) is 0 Å². The summed E-state index contributed by atoms with van der Waals surface area (Å²) in [5.74, 6) is -1.04. The molecule has 0 aliphatic carbocycles. The molecular formula is C30H36N4O7S. The minimum Gasteiger partial charge on any atom is -0.495 e. The van der Waals surface area contributed by atoms with Gasteiger partial charge in [-0.3, -0.25) is 24.0 Å². The highest BCUT2D eigenvalue weighted by atomic mass is 32.2. The highest BCUT2D eigenvalue weighted by molar-refractivity contribution is 7.92. The molecule has 3 rings (SSSR count). The number of hydrogen-bond donors (Lipinski definition) is 1. The van der Waals surface area contributed by atoms with Gasteiger partial charge in [0.2, 0.25) is 21.8 Å². The number of non-ortho nitro benzene ring substituents is 1. The molecule has 2 amide bonds. The number of aryl methyl sites for hydroxylation is 1. The lowest BCUT2D eigenvalue weighted by molar-refractivity contribution is -0.384. The second-order valence-electron chi connectivity index (χ2n) is 10.3. The number of hydrogen-bond acceptors (Lipinski definition) is 7. The largest absolute Gasteiger partial charge is 0.495 e. The maximum Gasteiger partial charge on any atom is 0.271 e. The molecule has 0 fully saturated rings. The van der Waals surface area contributed by atoms with Gasteiger partial charge in [0, 0.05) is 31.1 Å². The predicted molar refractivity (Wildman–Crippen MR) is 161 cm³/mol. The molecule has 12 heteroatoms. The number of benzene rings is 3. The van der Waals surface area contributed by atoms with E-state index < -0.39 is 39.3 Å². The summed E-state index contributed by atoms with van der Waals surface area (Å²) in [4.78, 5) is 40.0. The number of nitrogens with zero attached hydrogens (tertiary/aromatic N) is 3. The van der Waals surface area contributed by atoms with Crippen molar-refractivity contribution in [3.05, 3.63) is 99.6 Å². The minimum atomic E-state index is -4.14. The summed E-state index contributed by atoms with van der Waals surface area (Å²) in [7, 11) is -2.85. The Balaban J connectivity index is 2.13. The maximum atomic E-state index is 14.2. The van der Waals surface area contributed by atoms with E-state index in [-0.39, 0.29) is 36.1 Å². The van der Waals surface area contributed by atoms with E-state index in [2.05, 4.69) is 5.32 Å². The Morgan fingerprint density at radius 2 is 1.67 bits per heavy atom. The van der Waals surface area contributed by atoms with Crippen molar-refractivity contribution in [2.45, 2.75) is 45.8 Å². The fourth-order valence-corrected chi connectivity index (χ4v) is 5.37. The van der Waals surface area contributed by atoms with Crippen LogP contribution in [0.15, 0.2) is 72.8 Å². The van der Waals surface area contributed by atoms with E-state index in [1.165, 1.54) is 24.1 Å². The molecule has 0 heterocycles. The van der Waals surface area contributed by atoms with Crippen LogP contribution >= 0.6 is 0 Å². The van der Waals surface area contributed by atoms with Gasteiger partial charge in [0.1, 0.15) is 24.0 Å². The van der Waals surface area contributed by atoms with E-state index in [9.17, 15) is 28.1 Å². The number of nitrogens with one attached hydrogen (secondary N) is 1. The normalized spacial score (nSPS) is 12.0. The van der Waals surface area contributed by atoms with Gasteiger partial charge in [0.25, 0.3) is 5.69 Å². The first kappa shape index (κ1) is 32.1. The summed E-state index contributed by atoms with van der Waals surface area (Å²) < 4.78 is 32.1. The number of carbonyl (C=O) groups excluding carboxylic acids is 2. The van der Waals surface area contributed by atoms with Gasteiger partial charge in [-0.25, -0.2) is 8.42 Å². The van der Waals surface area contributed by atoms with Crippen molar-refractivity contribution >= 4 is 33.2 Å². The van der Waals surface area contributed by atoms with E-state index in [0.717, 1.165) is 33.3 Å². The maximum absolute atomic E-state index is 14.2. The molecule has 0 radical (unpaired) electrons. The van der Waals surface area contributed by atoms with Crippen LogP contribution in [0.1, 0.15) is 30.5 Å². The van der Waals surface area contributed by atoms with Gasteiger partial charge < -0.3 is 15.0 Å². The number of rotatable bonds is 13. The topological polar surface area (TPSA) is 139 Å². The lowest BCUT2D eigenvalue weighted by atomic mass is 10.0. The number of nitro groups is 1. The van der Waals surface area contributed by atoms with Crippen molar-refractivity contribution in [2.24, 2.45) is 0 Å². The molecule has 0 unspecified atom stereocenters. The molecule has 42 heavy (non-hydrogen) atoms. The first-order valence-corrected chi connectivity index (χ1v) is 15.1. The van der Waals surface area contributed by atoms with Crippen LogP contribution in [-0.4, -0.2) is 62.0 Å². The Kier molecular flexibility index (Phi) is 10.6. The molecule has 0 saturated carbocycles.